The van der Waals surface area contributed by atoms with Gasteiger partial charge in [-0.3, -0.25) is 9.69 Å². The van der Waals surface area contributed by atoms with Crippen molar-refractivity contribution in [2.45, 2.75) is 55.9 Å². The lowest BCUT2D eigenvalue weighted by Gasteiger charge is -2.63. The van der Waals surface area contributed by atoms with Gasteiger partial charge in [0.15, 0.2) is 6.10 Å². The predicted octanol–water partition coefficient (Wildman–Crippen LogP) is 1.63. The average molecular weight is 427 g/mol. The largest absolute Gasteiger partial charge is 0.467 e. The second kappa shape index (κ2) is 6.56. The molecule has 6 unspecified atom stereocenters. The average Bonchev–Trinajstić information content (AvgIpc) is 3.28. The minimum Gasteiger partial charge on any atom is -0.467 e. The van der Waals surface area contributed by atoms with E-state index in [-0.39, 0.29) is 6.04 Å². The second-order valence-electron chi connectivity index (χ2n) is 9.39. The fourth-order valence-electron chi connectivity index (χ4n) is 7.53. The van der Waals surface area contributed by atoms with E-state index in [1.54, 1.807) is 0 Å². The molecule has 1 N–H and O–H groups in total. The Morgan fingerprint density at radius 1 is 1.26 bits per heavy atom. The second-order valence-corrected chi connectivity index (χ2v) is 9.39. The predicted molar refractivity (Wildman–Crippen MR) is 115 cm³/mol. The molecule has 1 aromatic carbocycles. The number of rotatable bonds is 3. The molecule has 3 heterocycles. The van der Waals surface area contributed by atoms with E-state index >= 15 is 0 Å². The van der Waals surface area contributed by atoms with E-state index in [0.717, 1.165) is 30.8 Å². The summed E-state index contributed by atoms with van der Waals surface area (Å²) in [4.78, 5) is 30.1. The molecule has 7 heteroatoms. The number of fused-ring (bicyclic) bond motifs is 1. The maximum atomic E-state index is 13.4. The number of ether oxygens (including phenoxy) is 2. The van der Waals surface area contributed by atoms with Crippen LogP contribution < -0.4 is 4.90 Å². The van der Waals surface area contributed by atoms with Crippen LogP contribution in [0.3, 0.4) is 0 Å². The summed E-state index contributed by atoms with van der Waals surface area (Å²) in [5, 5.41) is 12.4. The first-order valence-electron chi connectivity index (χ1n) is 11.0. The fourth-order valence-corrected chi connectivity index (χ4v) is 7.53. The Morgan fingerprint density at radius 3 is 2.68 bits per heavy atom. The minimum absolute atomic E-state index is 0.0135. The molecule has 0 aromatic heterocycles. The highest BCUT2D eigenvalue weighted by Crippen LogP contribution is 2.67. The lowest BCUT2D eigenvalue weighted by atomic mass is 9.47. The van der Waals surface area contributed by atoms with Crippen molar-refractivity contribution in [3.05, 3.63) is 42.0 Å². The zero-order chi connectivity index (χ0) is 22.2. The summed E-state index contributed by atoms with van der Waals surface area (Å²) >= 11 is 0. The molecule has 4 aliphatic rings. The summed E-state index contributed by atoms with van der Waals surface area (Å²) in [6, 6.07) is 7.53. The van der Waals surface area contributed by atoms with E-state index in [0.29, 0.717) is 6.42 Å². The number of nitrogens with zero attached hydrogens (tertiary/aromatic N) is 2. The van der Waals surface area contributed by atoms with Crippen LogP contribution in [0.5, 0.6) is 0 Å². The highest BCUT2D eigenvalue weighted by atomic mass is 16.6. The van der Waals surface area contributed by atoms with E-state index in [1.165, 1.54) is 14.0 Å². The monoisotopic (exact) mass is 426 g/mol. The number of hydrogen-bond acceptors (Lipinski definition) is 7. The topological polar surface area (TPSA) is 79.3 Å². The molecule has 1 aliphatic carbocycles. The molecule has 31 heavy (non-hydrogen) atoms. The van der Waals surface area contributed by atoms with Gasteiger partial charge in [0.1, 0.15) is 0 Å². The molecule has 1 aromatic rings. The van der Waals surface area contributed by atoms with Gasteiger partial charge in [-0.1, -0.05) is 37.3 Å². The molecular formula is C24H30N2O5. The van der Waals surface area contributed by atoms with Crippen molar-refractivity contribution < 1.29 is 24.2 Å². The number of esters is 2. The highest BCUT2D eigenvalue weighted by molar-refractivity contribution is 5.86. The van der Waals surface area contributed by atoms with Gasteiger partial charge in [0, 0.05) is 43.1 Å². The molecule has 0 bridgehead atoms. The van der Waals surface area contributed by atoms with Crippen molar-refractivity contribution in [1.82, 2.24) is 4.90 Å². The maximum Gasteiger partial charge on any atom is 0.344 e. The summed E-state index contributed by atoms with van der Waals surface area (Å²) < 4.78 is 11.1. The molecule has 1 saturated heterocycles. The van der Waals surface area contributed by atoms with Crippen LogP contribution in [0, 0.1) is 5.41 Å². The van der Waals surface area contributed by atoms with Gasteiger partial charge in [-0.25, -0.2) is 4.79 Å². The molecule has 6 atom stereocenters. The Kier molecular flexibility index (Phi) is 4.34. The third-order valence-electron chi connectivity index (χ3n) is 8.32. The quantitative estimate of drug-likeness (QED) is 0.581. The minimum atomic E-state index is -2.03. The Morgan fingerprint density at radius 2 is 2.00 bits per heavy atom. The van der Waals surface area contributed by atoms with Crippen LogP contribution in [0.1, 0.15) is 32.3 Å². The van der Waals surface area contributed by atoms with Crippen molar-refractivity contribution in [2.24, 2.45) is 5.41 Å². The van der Waals surface area contributed by atoms with Crippen LogP contribution in [-0.2, 0) is 24.5 Å². The summed E-state index contributed by atoms with van der Waals surface area (Å²) in [6.07, 6.45) is 4.52. The third kappa shape index (κ3) is 2.21. The van der Waals surface area contributed by atoms with Crippen molar-refractivity contribution in [2.75, 3.05) is 32.1 Å². The fraction of sp³-hybridized carbons (Fsp3) is 0.583. The molecule has 1 saturated carbocycles. The van der Waals surface area contributed by atoms with E-state index in [2.05, 4.69) is 23.1 Å². The van der Waals surface area contributed by atoms with Gasteiger partial charge in [-0.2, -0.15) is 0 Å². The normalized spacial score (nSPS) is 40.2. The highest BCUT2D eigenvalue weighted by Gasteiger charge is 2.80. The van der Waals surface area contributed by atoms with Gasteiger partial charge >= 0.3 is 11.9 Å². The molecule has 0 amide bonds. The number of hydrogen-bond donors (Lipinski definition) is 1. The molecule has 0 radical (unpaired) electrons. The molecule has 5 rings (SSSR count). The smallest absolute Gasteiger partial charge is 0.344 e. The van der Waals surface area contributed by atoms with Crippen LogP contribution in [0.25, 0.3) is 0 Å². The van der Waals surface area contributed by atoms with Gasteiger partial charge in [-0.15, -0.1) is 0 Å². The number of para-hydroxylation sites is 1. The van der Waals surface area contributed by atoms with E-state index in [9.17, 15) is 14.7 Å². The van der Waals surface area contributed by atoms with E-state index in [4.69, 9.17) is 9.47 Å². The van der Waals surface area contributed by atoms with Crippen LogP contribution >= 0.6 is 0 Å². The first kappa shape index (κ1) is 20.5. The lowest BCUT2D eigenvalue weighted by molar-refractivity contribution is -0.228. The number of anilines is 1. The van der Waals surface area contributed by atoms with Crippen molar-refractivity contribution in [3.8, 4) is 0 Å². The number of benzene rings is 1. The lowest BCUT2D eigenvalue weighted by Crippen LogP contribution is -2.81. The molecule has 1 spiro atoms. The first-order chi connectivity index (χ1) is 14.8. The van der Waals surface area contributed by atoms with Gasteiger partial charge < -0.3 is 19.5 Å². The van der Waals surface area contributed by atoms with Gasteiger partial charge in [0.2, 0.25) is 5.60 Å². The number of carbonyl (C=O) groups is 2. The third-order valence-corrected chi connectivity index (χ3v) is 8.32. The number of aliphatic hydroxyl groups is 1. The van der Waals surface area contributed by atoms with Crippen molar-refractivity contribution in [3.63, 3.8) is 0 Å². The summed E-state index contributed by atoms with van der Waals surface area (Å²) in [6.45, 7) is 5.02. The molecule has 2 fully saturated rings. The zero-order valence-electron chi connectivity index (χ0n) is 18.5. The van der Waals surface area contributed by atoms with E-state index in [1.807, 2.05) is 37.1 Å². The maximum absolute atomic E-state index is 13.4. The standard InChI is InChI=1S/C24H30N2O5/c1-5-22-11-8-13-26-14-12-23(18(22)26)16-9-6-7-10-17(16)25(3)19(23)24(29,21(28)30-4)20(22)31-15(2)27/h6-11,18-20,29H,5,12-14H2,1-4H3. The summed E-state index contributed by atoms with van der Waals surface area (Å²) in [5.74, 6) is -1.28. The van der Waals surface area contributed by atoms with Gasteiger partial charge in [0.25, 0.3) is 0 Å². The summed E-state index contributed by atoms with van der Waals surface area (Å²) in [5.41, 5.74) is -1.10. The summed E-state index contributed by atoms with van der Waals surface area (Å²) in [7, 11) is 3.19. The van der Waals surface area contributed by atoms with Crippen LogP contribution in [0.15, 0.2) is 36.4 Å². The van der Waals surface area contributed by atoms with Crippen LogP contribution in [0.4, 0.5) is 5.69 Å². The first-order valence-corrected chi connectivity index (χ1v) is 11.0. The van der Waals surface area contributed by atoms with Crippen molar-refractivity contribution in [1.29, 1.82) is 0 Å². The SMILES string of the molecule is CCC12C=CCN3CCC4(c5ccccc5N(C)C4C(O)(C(=O)OC)C1OC(C)=O)C32. The molecule has 166 valence electrons. The number of methoxy groups -OCH3 is 1. The number of carbonyl (C=O) groups excluding carboxylic acids is 2. The molecule has 7 nitrogen and oxygen atoms in total. The Labute approximate surface area is 182 Å². The molecular weight excluding hydrogens is 396 g/mol. The van der Waals surface area contributed by atoms with Crippen LogP contribution in [0.2, 0.25) is 0 Å². The van der Waals surface area contributed by atoms with E-state index < -0.39 is 40.5 Å². The zero-order valence-corrected chi connectivity index (χ0v) is 18.5. The Hall–Kier alpha value is -2.38. The Balaban J connectivity index is 1.87. The number of likely N-dealkylation sites (N-methyl/N-ethyl adjacent to an activating group) is 1. The Bertz CT molecular complexity index is 978. The van der Waals surface area contributed by atoms with Gasteiger partial charge in [0.05, 0.1) is 13.2 Å². The van der Waals surface area contributed by atoms with Gasteiger partial charge in [-0.05, 0) is 31.0 Å². The van der Waals surface area contributed by atoms with Crippen molar-refractivity contribution >= 4 is 17.6 Å². The van der Waals surface area contributed by atoms with Crippen LogP contribution in [-0.4, -0.2) is 73.0 Å². The molecule has 3 aliphatic heterocycles.